The van der Waals surface area contributed by atoms with Gasteiger partial charge in [-0.2, -0.15) is 13.2 Å². The van der Waals surface area contributed by atoms with E-state index in [2.05, 4.69) is 17.0 Å². The van der Waals surface area contributed by atoms with Crippen LogP contribution in [-0.4, -0.2) is 57.9 Å². The number of benzene rings is 2. The Kier molecular flexibility index (Phi) is 5.67. The van der Waals surface area contributed by atoms with E-state index < -0.39 is 17.3 Å². The van der Waals surface area contributed by atoms with E-state index in [1.54, 1.807) is 11.0 Å². The van der Waals surface area contributed by atoms with Gasteiger partial charge in [0.05, 0.1) is 5.56 Å². The molecule has 8 heteroatoms. The Hall–Kier alpha value is -2.87. The van der Waals surface area contributed by atoms with Gasteiger partial charge in [-0.25, -0.2) is 4.79 Å². The minimum Gasteiger partial charge on any atom is -0.310 e. The van der Waals surface area contributed by atoms with Crippen molar-refractivity contribution < 1.29 is 22.8 Å². The van der Waals surface area contributed by atoms with Crippen LogP contribution in [0.5, 0.6) is 0 Å². The van der Waals surface area contributed by atoms with Gasteiger partial charge in [0.2, 0.25) is 0 Å². The van der Waals surface area contributed by atoms with E-state index >= 15 is 0 Å². The Morgan fingerprint density at radius 2 is 1.62 bits per heavy atom. The van der Waals surface area contributed by atoms with Crippen LogP contribution in [0.1, 0.15) is 42.0 Å². The van der Waals surface area contributed by atoms with Crippen molar-refractivity contribution in [3.63, 3.8) is 0 Å². The zero-order chi connectivity index (χ0) is 24.1. The first-order chi connectivity index (χ1) is 16.2. The van der Waals surface area contributed by atoms with E-state index in [0.29, 0.717) is 57.4 Å². The molecule has 5 nitrogen and oxygen atoms in total. The van der Waals surface area contributed by atoms with Crippen LogP contribution in [0.25, 0.3) is 0 Å². The van der Waals surface area contributed by atoms with Crippen LogP contribution < -0.4 is 0 Å². The number of amides is 3. The zero-order valence-electron chi connectivity index (χ0n) is 19.1. The first kappa shape index (κ1) is 22.9. The van der Waals surface area contributed by atoms with E-state index in [1.165, 1.54) is 28.2 Å². The van der Waals surface area contributed by atoms with E-state index in [9.17, 15) is 22.8 Å². The highest BCUT2D eigenvalue weighted by molar-refractivity contribution is 6.07. The Morgan fingerprint density at radius 1 is 0.971 bits per heavy atom. The number of likely N-dealkylation sites (tertiary alicyclic amines) is 1. The molecule has 2 saturated heterocycles. The maximum absolute atomic E-state index is 13.7. The molecule has 2 aliphatic heterocycles. The number of hydrogen-bond donors (Lipinski definition) is 0. The van der Waals surface area contributed by atoms with Crippen LogP contribution >= 0.6 is 0 Å². The third-order valence-corrected chi connectivity index (χ3v) is 7.63. The lowest BCUT2D eigenvalue weighted by Gasteiger charge is -2.42. The molecule has 2 heterocycles. The highest BCUT2D eigenvalue weighted by atomic mass is 19.4. The van der Waals surface area contributed by atoms with Crippen LogP contribution in [0.2, 0.25) is 0 Å². The van der Waals surface area contributed by atoms with Gasteiger partial charge in [0.1, 0.15) is 5.54 Å². The summed E-state index contributed by atoms with van der Waals surface area (Å²) in [5.74, 6) is -0.115. The second-order valence-electron chi connectivity index (χ2n) is 9.54. The van der Waals surface area contributed by atoms with Crippen molar-refractivity contribution in [2.75, 3.05) is 19.6 Å². The number of urea groups is 1. The van der Waals surface area contributed by atoms with Crippen molar-refractivity contribution in [2.45, 2.75) is 56.9 Å². The summed E-state index contributed by atoms with van der Waals surface area (Å²) in [6, 6.07) is 13.1. The summed E-state index contributed by atoms with van der Waals surface area (Å²) >= 11 is 0. The molecule has 2 aromatic rings. The number of carbonyl (C=O) groups excluding carboxylic acids is 2. The van der Waals surface area contributed by atoms with Crippen LogP contribution in [0.4, 0.5) is 18.0 Å². The smallest absolute Gasteiger partial charge is 0.310 e. The summed E-state index contributed by atoms with van der Waals surface area (Å²) in [5, 5.41) is 0. The van der Waals surface area contributed by atoms with E-state index in [4.69, 9.17) is 0 Å². The molecule has 0 aromatic heterocycles. The molecule has 1 spiro atoms. The van der Waals surface area contributed by atoms with Crippen molar-refractivity contribution in [1.29, 1.82) is 0 Å². The van der Waals surface area contributed by atoms with Crippen LogP contribution in [0.15, 0.2) is 48.5 Å². The minimum absolute atomic E-state index is 0.115. The molecular formula is C26H28F3N3O2. The van der Waals surface area contributed by atoms with E-state index in [0.717, 1.165) is 6.07 Å². The summed E-state index contributed by atoms with van der Waals surface area (Å²) in [6.45, 7) is 3.83. The van der Waals surface area contributed by atoms with Gasteiger partial charge in [-0.05, 0) is 55.4 Å². The van der Waals surface area contributed by atoms with Crippen LogP contribution in [0.3, 0.4) is 0 Å². The summed E-state index contributed by atoms with van der Waals surface area (Å²) in [4.78, 5) is 32.4. The van der Waals surface area contributed by atoms with Gasteiger partial charge in [-0.3, -0.25) is 14.6 Å². The molecule has 0 unspecified atom stereocenters. The van der Waals surface area contributed by atoms with E-state index in [-0.39, 0.29) is 18.0 Å². The van der Waals surface area contributed by atoms with Gasteiger partial charge in [-0.15, -0.1) is 0 Å². The predicted octanol–water partition coefficient (Wildman–Crippen LogP) is 4.49. The fourth-order valence-corrected chi connectivity index (χ4v) is 5.89. The predicted molar refractivity (Wildman–Crippen MR) is 121 cm³/mol. The van der Waals surface area contributed by atoms with Crippen molar-refractivity contribution in [2.24, 2.45) is 0 Å². The second kappa shape index (κ2) is 8.41. The number of fused-ring (bicyclic) bond motifs is 1. The molecule has 0 bridgehead atoms. The summed E-state index contributed by atoms with van der Waals surface area (Å²) in [7, 11) is 0. The lowest BCUT2D eigenvalue weighted by atomic mass is 9.85. The van der Waals surface area contributed by atoms with Gasteiger partial charge < -0.3 is 4.90 Å². The van der Waals surface area contributed by atoms with Gasteiger partial charge in [0, 0.05) is 32.2 Å². The Bertz CT molecular complexity index is 1080. The van der Waals surface area contributed by atoms with Gasteiger partial charge in [0.15, 0.2) is 0 Å². The molecule has 180 valence electrons. The van der Waals surface area contributed by atoms with Crippen molar-refractivity contribution in [1.82, 2.24) is 14.7 Å². The molecule has 3 aliphatic rings. The molecule has 0 radical (unpaired) electrons. The Morgan fingerprint density at radius 3 is 2.21 bits per heavy atom. The molecule has 0 saturated carbocycles. The number of imide groups is 1. The largest absolute Gasteiger partial charge is 0.416 e. The summed E-state index contributed by atoms with van der Waals surface area (Å²) in [5.41, 5.74) is 1.46. The Balaban J connectivity index is 1.30. The van der Waals surface area contributed by atoms with Gasteiger partial charge >= 0.3 is 12.2 Å². The number of alkyl halides is 3. The third-order valence-electron chi connectivity index (χ3n) is 7.63. The first-order valence-corrected chi connectivity index (χ1v) is 11.8. The number of nitrogens with zero attached hydrogens (tertiary/aromatic N) is 3. The number of hydrogen-bond acceptors (Lipinski definition) is 3. The molecule has 5 rings (SSSR count). The quantitative estimate of drug-likeness (QED) is 0.618. The van der Waals surface area contributed by atoms with Gasteiger partial charge in [-0.1, -0.05) is 42.5 Å². The van der Waals surface area contributed by atoms with Crippen molar-refractivity contribution in [3.8, 4) is 0 Å². The topological polar surface area (TPSA) is 43.9 Å². The number of carbonyl (C=O) groups is 2. The number of likely N-dealkylation sites (N-methyl/N-ethyl adjacent to an activating group) is 1. The monoisotopic (exact) mass is 471 g/mol. The molecule has 1 aliphatic carbocycles. The summed E-state index contributed by atoms with van der Waals surface area (Å²) in [6.07, 6.45) is -2.03. The molecule has 3 amide bonds. The van der Waals surface area contributed by atoms with Crippen molar-refractivity contribution >= 4 is 11.9 Å². The number of halogens is 3. The minimum atomic E-state index is -4.37. The fraction of sp³-hybridized carbons (Fsp3) is 0.462. The maximum Gasteiger partial charge on any atom is 0.416 e. The lowest BCUT2D eigenvalue weighted by molar-refractivity contribution is -0.138. The number of rotatable bonds is 4. The Labute approximate surface area is 197 Å². The summed E-state index contributed by atoms with van der Waals surface area (Å²) < 4.78 is 39.2. The van der Waals surface area contributed by atoms with Crippen LogP contribution in [0, 0.1) is 0 Å². The SMILES string of the molecule is CCN1C(=O)N(C2Cc3ccccc3C2)C(=O)C12CCN(Cc1cccc(C(F)(F)F)c1)CC2. The highest BCUT2D eigenvalue weighted by Gasteiger charge is 2.59. The molecule has 2 aromatic carbocycles. The second-order valence-corrected chi connectivity index (χ2v) is 9.54. The molecule has 2 fully saturated rings. The first-order valence-electron chi connectivity index (χ1n) is 11.8. The number of piperidine rings is 1. The molecule has 34 heavy (non-hydrogen) atoms. The van der Waals surface area contributed by atoms with Gasteiger partial charge in [0.25, 0.3) is 5.91 Å². The molecule has 0 atom stereocenters. The van der Waals surface area contributed by atoms with Crippen LogP contribution in [-0.2, 0) is 30.4 Å². The lowest BCUT2D eigenvalue weighted by Crippen LogP contribution is -2.56. The van der Waals surface area contributed by atoms with E-state index in [1.807, 2.05) is 19.1 Å². The molecular weight excluding hydrogens is 443 g/mol. The normalized spacial score (nSPS) is 21.1. The average molecular weight is 472 g/mol. The standard InChI is InChI=1S/C26H28F3N3O2/c1-2-31-24(34)32(22-15-19-7-3-4-8-20(19)16-22)23(33)25(31)10-12-30(13-11-25)17-18-6-5-9-21(14-18)26(27,28)29/h3-9,14,22H,2,10-13,15-17H2,1H3. The zero-order valence-corrected chi connectivity index (χ0v) is 19.1. The van der Waals surface area contributed by atoms with Crippen molar-refractivity contribution in [3.05, 3.63) is 70.8 Å². The molecule has 0 N–H and O–H groups in total. The average Bonchev–Trinajstić information content (AvgIpc) is 3.31. The maximum atomic E-state index is 13.7. The fourth-order valence-electron chi connectivity index (χ4n) is 5.89. The third kappa shape index (κ3) is 3.78. The highest BCUT2D eigenvalue weighted by Crippen LogP contribution is 2.40.